The maximum absolute atomic E-state index is 12.3. The summed E-state index contributed by atoms with van der Waals surface area (Å²) < 4.78 is 0. The number of carbonyl (C=O) groups excluding carboxylic acids is 1. The Morgan fingerprint density at radius 3 is 2.56 bits per heavy atom. The van der Waals surface area contributed by atoms with Crippen LogP contribution in [-0.2, 0) is 4.79 Å². The van der Waals surface area contributed by atoms with Crippen molar-refractivity contribution < 1.29 is 4.79 Å². The molecule has 1 amide bonds. The molecule has 0 bridgehead atoms. The minimum Gasteiger partial charge on any atom is -0.369 e. The molecule has 2 aromatic rings. The number of hydrogen-bond donors (Lipinski definition) is 1. The highest BCUT2D eigenvalue weighted by Gasteiger charge is 2.36. The molecule has 4 nitrogen and oxygen atoms in total. The molecule has 1 heterocycles. The first-order valence-electron chi connectivity index (χ1n) is 8.97. The Balaban J connectivity index is 2.07. The molecule has 2 N–H and O–H groups in total. The van der Waals surface area contributed by atoms with Crippen LogP contribution in [0.1, 0.15) is 24.5 Å². The molecule has 1 aliphatic rings. The van der Waals surface area contributed by atoms with E-state index >= 15 is 0 Å². The van der Waals surface area contributed by atoms with Gasteiger partial charge in [0, 0.05) is 7.05 Å². The summed E-state index contributed by atoms with van der Waals surface area (Å²) in [5.41, 5.74) is 10.7. The Hall–Kier alpha value is -3.14. The molecular weight excluding hydrogens is 334 g/mol. The summed E-state index contributed by atoms with van der Waals surface area (Å²) in [5, 5.41) is 0. The van der Waals surface area contributed by atoms with Crippen LogP contribution < -0.4 is 5.73 Å². The van der Waals surface area contributed by atoms with E-state index in [0.717, 1.165) is 11.1 Å². The van der Waals surface area contributed by atoms with Gasteiger partial charge in [0.15, 0.2) is 5.96 Å². The second kappa shape index (κ2) is 7.23. The van der Waals surface area contributed by atoms with Gasteiger partial charge < -0.3 is 5.73 Å². The van der Waals surface area contributed by atoms with E-state index in [1.165, 1.54) is 21.6 Å². The highest BCUT2D eigenvalue weighted by atomic mass is 16.2. The number of benzene rings is 2. The number of aliphatic imine (C=N–C) groups is 1. The van der Waals surface area contributed by atoms with Crippen molar-refractivity contribution in [2.75, 3.05) is 7.05 Å². The largest absolute Gasteiger partial charge is 0.369 e. The fourth-order valence-electron chi connectivity index (χ4n) is 3.42. The van der Waals surface area contributed by atoms with Gasteiger partial charge >= 0.3 is 0 Å². The van der Waals surface area contributed by atoms with Gasteiger partial charge in [-0.05, 0) is 47.8 Å². The van der Waals surface area contributed by atoms with Crippen molar-refractivity contribution in [1.82, 2.24) is 4.90 Å². The molecule has 0 saturated heterocycles. The van der Waals surface area contributed by atoms with Crippen LogP contribution in [0.5, 0.6) is 0 Å². The molecule has 4 heteroatoms. The third-order valence-electron chi connectivity index (χ3n) is 5.19. The monoisotopic (exact) mass is 359 g/mol. The van der Waals surface area contributed by atoms with Crippen molar-refractivity contribution in [1.29, 1.82) is 0 Å². The van der Waals surface area contributed by atoms with Crippen molar-refractivity contribution in [3.63, 3.8) is 0 Å². The van der Waals surface area contributed by atoms with E-state index in [1.807, 2.05) is 31.2 Å². The number of hydrogen-bond acceptors (Lipinski definition) is 3. The molecule has 138 valence electrons. The lowest BCUT2D eigenvalue weighted by molar-refractivity contribution is -0.128. The molecule has 0 aromatic heterocycles. The Bertz CT molecular complexity index is 943. The van der Waals surface area contributed by atoms with Crippen molar-refractivity contribution in [2.45, 2.75) is 25.8 Å². The summed E-state index contributed by atoms with van der Waals surface area (Å²) >= 11 is 0. The first kappa shape index (κ1) is 18.6. The van der Waals surface area contributed by atoms with Crippen LogP contribution in [0.4, 0.5) is 0 Å². The second-order valence-electron chi connectivity index (χ2n) is 7.06. The summed E-state index contributed by atoms with van der Waals surface area (Å²) in [4.78, 5) is 18.3. The maximum Gasteiger partial charge on any atom is 0.231 e. The van der Waals surface area contributed by atoms with E-state index in [4.69, 9.17) is 5.73 Å². The molecule has 3 rings (SSSR count). The second-order valence-corrected chi connectivity index (χ2v) is 7.06. The third kappa shape index (κ3) is 3.56. The van der Waals surface area contributed by atoms with Crippen molar-refractivity contribution >= 4 is 17.9 Å². The van der Waals surface area contributed by atoms with Crippen LogP contribution in [0.3, 0.4) is 0 Å². The predicted molar refractivity (Wildman–Crippen MR) is 112 cm³/mol. The zero-order valence-electron chi connectivity index (χ0n) is 16.1. The van der Waals surface area contributed by atoms with E-state index in [0.29, 0.717) is 0 Å². The van der Waals surface area contributed by atoms with Gasteiger partial charge in [0.1, 0.15) is 0 Å². The van der Waals surface area contributed by atoms with E-state index in [2.05, 4.69) is 48.8 Å². The average Bonchev–Trinajstić information content (AvgIpc) is 2.66. The van der Waals surface area contributed by atoms with Gasteiger partial charge in [-0.25, -0.2) is 4.99 Å². The fourth-order valence-corrected chi connectivity index (χ4v) is 3.42. The lowest BCUT2D eigenvalue weighted by atomic mass is 9.85. The van der Waals surface area contributed by atoms with E-state index in [-0.39, 0.29) is 18.3 Å². The smallest absolute Gasteiger partial charge is 0.231 e. The molecule has 0 fully saturated rings. The standard InChI is InChI=1S/C23H25N3O/c1-5-19(23(3)15-21(27)26(4)22(24)25-23)14-18-12-9-13-20(16(18)2)17-10-7-6-8-11-17/h5-14H,1,15H2,2-4H3,(H2,24,25)/b19-14+/t23-/m0/s1. The average molecular weight is 359 g/mol. The number of amides is 1. The number of guanidine groups is 1. The summed E-state index contributed by atoms with van der Waals surface area (Å²) in [6.45, 7) is 7.98. The molecule has 0 unspecified atom stereocenters. The first-order valence-corrected chi connectivity index (χ1v) is 8.97. The van der Waals surface area contributed by atoms with Gasteiger partial charge in [-0.2, -0.15) is 0 Å². The SMILES string of the molecule is C=C/C(=C\c1cccc(-c2ccccc2)c1C)[C@]1(C)CC(=O)N(C)C(N)=N1. The van der Waals surface area contributed by atoms with E-state index in [1.54, 1.807) is 13.1 Å². The quantitative estimate of drug-likeness (QED) is 0.833. The Morgan fingerprint density at radius 1 is 1.22 bits per heavy atom. The van der Waals surface area contributed by atoms with Crippen LogP contribution in [0.15, 0.2) is 71.8 Å². The molecule has 0 saturated carbocycles. The van der Waals surface area contributed by atoms with Crippen LogP contribution in [0.25, 0.3) is 17.2 Å². The summed E-state index contributed by atoms with van der Waals surface area (Å²) in [5.74, 6) is 0.184. The van der Waals surface area contributed by atoms with Gasteiger partial charge in [-0.1, -0.05) is 61.2 Å². The van der Waals surface area contributed by atoms with Crippen LogP contribution in [0, 0.1) is 6.92 Å². The van der Waals surface area contributed by atoms with Crippen LogP contribution >= 0.6 is 0 Å². The number of nitrogens with two attached hydrogens (primary N) is 1. The van der Waals surface area contributed by atoms with Crippen molar-refractivity contribution in [3.05, 3.63) is 77.9 Å². The van der Waals surface area contributed by atoms with Crippen LogP contribution in [0.2, 0.25) is 0 Å². The van der Waals surface area contributed by atoms with E-state index < -0.39 is 5.54 Å². The zero-order valence-corrected chi connectivity index (χ0v) is 16.1. The molecular formula is C23H25N3O. The molecule has 27 heavy (non-hydrogen) atoms. The predicted octanol–water partition coefficient (Wildman–Crippen LogP) is 4.17. The first-order chi connectivity index (χ1) is 12.9. The summed E-state index contributed by atoms with van der Waals surface area (Å²) in [6, 6.07) is 16.5. The van der Waals surface area contributed by atoms with E-state index in [9.17, 15) is 4.79 Å². The van der Waals surface area contributed by atoms with Crippen LogP contribution in [-0.4, -0.2) is 29.4 Å². The minimum absolute atomic E-state index is 0.0486. The zero-order chi connectivity index (χ0) is 19.6. The molecule has 0 aliphatic carbocycles. The Labute approximate surface area is 160 Å². The van der Waals surface area contributed by atoms with Gasteiger partial charge in [-0.15, -0.1) is 0 Å². The number of nitrogens with zero attached hydrogens (tertiary/aromatic N) is 2. The molecule has 1 aliphatic heterocycles. The number of carbonyl (C=O) groups is 1. The van der Waals surface area contributed by atoms with Crippen molar-refractivity contribution in [3.8, 4) is 11.1 Å². The Kier molecular flexibility index (Phi) is 5.00. The molecule has 0 radical (unpaired) electrons. The van der Waals surface area contributed by atoms with Gasteiger partial charge in [0.2, 0.25) is 5.91 Å². The molecule has 1 atom stereocenters. The molecule has 2 aromatic carbocycles. The number of rotatable bonds is 4. The minimum atomic E-state index is -0.718. The lowest BCUT2D eigenvalue weighted by Gasteiger charge is -2.34. The summed E-state index contributed by atoms with van der Waals surface area (Å²) in [7, 11) is 1.64. The summed E-state index contributed by atoms with van der Waals surface area (Å²) in [6.07, 6.45) is 4.09. The normalized spacial score (nSPS) is 20.4. The van der Waals surface area contributed by atoms with Gasteiger partial charge in [0.25, 0.3) is 0 Å². The van der Waals surface area contributed by atoms with Gasteiger partial charge in [0.05, 0.1) is 12.0 Å². The van der Waals surface area contributed by atoms with Gasteiger partial charge in [-0.3, -0.25) is 9.69 Å². The maximum atomic E-state index is 12.3. The fraction of sp³-hybridized carbons (Fsp3) is 0.217. The highest BCUT2D eigenvalue weighted by molar-refractivity contribution is 5.99. The lowest BCUT2D eigenvalue weighted by Crippen LogP contribution is -2.49. The third-order valence-corrected chi connectivity index (χ3v) is 5.19. The molecule has 0 spiro atoms. The topological polar surface area (TPSA) is 58.7 Å². The highest BCUT2D eigenvalue weighted by Crippen LogP contribution is 2.33. The Morgan fingerprint density at radius 2 is 1.93 bits per heavy atom. The van der Waals surface area contributed by atoms with Crippen molar-refractivity contribution in [2.24, 2.45) is 10.7 Å².